The number of nitrogens with zero attached hydrogens (tertiary/aromatic N) is 3. The van der Waals surface area contributed by atoms with Crippen molar-refractivity contribution in [3.63, 3.8) is 0 Å². The van der Waals surface area contributed by atoms with E-state index in [-0.39, 0.29) is 24.1 Å². The Hall–Kier alpha value is -1.69. The van der Waals surface area contributed by atoms with Crippen LogP contribution in [-0.2, 0) is 24.2 Å². The van der Waals surface area contributed by atoms with Crippen molar-refractivity contribution in [3.05, 3.63) is 27.1 Å². The lowest BCUT2D eigenvalue weighted by atomic mass is 9.97. The Morgan fingerprint density at radius 1 is 1.29 bits per heavy atom. The molecule has 128 valence electrons. The van der Waals surface area contributed by atoms with E-state index in [0.717, 1.165) is 48.9 Å². The summed E-state index contributed by atoms with van der Waals surface area (Å²) in [7, 11) is 0. The zero-order chi connectivity index (χ0) is 16.7. The Bertz CT molecular complexity index is 839. The monoisotopic (exact) mass is 345 g/mol. The highest BCUT2D eigenvalue weighted by atomic mass is 32.1. The van der Waals surface area contributed by atoms with Gasteiger partial charge in [-0.1, -0.05) is 0 Å². The third-order valence-electron chi connectivity index (χ3n) is 5.37. The summed E-state index contributed by atoms with van der Waals surface area (Å²) in [4.78, 5) is 34.1. The highest BCUT2D eigenvalue weighted by Crippen LogP contribution is 2.33. The first kappa shape index (κ1) is 15.8. The van der Waals surface area contributed by atoms with E-state index in [1.807, 2.05) is 4.90 Å². The Kier molecular flexibility index (Phi) is 4.16. The predicted octanol–water partition coefficient (Wildman–Crippen LogP) is 2.74. The third kappa shape index (κ3) is 2.66. The van der Waals surface area contributed by atoms with Crippen LogP contribution in [0.4, 0.5) is 0 Å². The van der Waals surface area contributed by atoms with Crippen LogP contribution in [0.25, 0.3) is 10.2 Å². The smallest absolute Gasteiger partial charge is 0.262 e. The molecule has 0 N–H and O–H groups in total. The van der Waals surface area contributed by atoms with Gasteiger partial charge in [-0.15, -0.1) is 11.3 Å². The lowest BCUT2D eigenvalue weighted by molar-refractivity contribution is -0.135. The molecule has 0 bridgehead atoms. The SMILES string of the molecule is C[C@H]1CCCCN1C(=O)Cn1cnc2sc3c(c2c1=O)CCCC3. The number of carbonyl (C=O) groups is 1. The fourth-order valence-electron chi connectivity index (χ4n) is 4.00. The summed E-state index contributed by atoms with van der Waals surface area (Å²) >= 11 is 1.65. The second kappa shape index (κ2) is 6.31. The molecule has 6 heteroatoms. The summed E-state index contributed by atoms with van der Waals surface area (Å²) in [5.74, 6) is 0.0366. The number of aromatic nitrogens is 2. The number of carbonyl (C=O) groups excluding carboxylic acids is 1. The Balaban J connectivity index is 1.66. The summed E-state index contributed by atoms with van der Waals surface area (Å²) in [6, 6.07) is 0.271. The Morgan fingerprint density at radius 3 is 2.96 bits per heavy atom. The molecule has 0 saturated carbocycles. The molecular formula is C18H23N3O2S. The number of piperidine rings is 1. The number of aryl methyl sites for hydroxylation is 2. The van der Waals surface area contributed by atoms with Crippen LogP contribution >= 0.6 is 11.3 Å². The molecule has 1 aliphatic carbocycles. The van der Waals surface area contributed by atoms with Gasteiger partial charge < -0.3 is 4.90 Å². The van der Waals surface area contributed by atoms with Gasteiger partial charge >= 0.3 is 0 Å². The van der Waals surface area contributed by atoms with Crippen molar-refractivity contribution < 1.29 is 4.79 Å². The van der Waals surface area contributed by atoms with Crippen molar-refractivity contribution in [1.82, 2.24) is 14.5 Å². The van der Waals surface area contributed by atoms with Crippen molar-refractivity contribution in [1.29, 1.82) is 0 Å². The fourth-order valence-corrected chi connectivity index (χ4v) is 5.22. The summed E-state index contributed by atoms with van der Waals surface area (Å²) in [5.41, 5.74) is 1.14. The van der Waals surface area contributed by atoms with Crippen LogP contribution in [0.15, 0.2) is 11.1 Å². The number of fused-ring (bicyclic) bond motifs is 3. The second-order valence-corrected chi connectivity index (χ2v) is 8.08. The maximum absolute atomic E-state index is 12.9. The maximum atomic E-state index is 12.9. The van der Waals surface area contributed by atoms with Crippen molar-refractivity contribution in [3.8, 4) is 0 Å². The van der Waals surface area contributed by atoms with Gasteiger partial charge in [-0.2, -0.15) is 0 Å². The second-order valence-electron chi connectivity index (χ2n) is 7.00. The van der Waals surface area contributed by atoms with Gasteiger partial charge in [0, 0.05) is 17.5 Å². The van der Waals surface area contributed by atoms with E-state index in [9.17, 15) is 9.59 Å². The van der Waals surface area contributed by atoms with Crippen molar-refractivity contribution >= 4 is 27.5 Å². The maximum Gasteiger partial charge on any atom is 0.262 e. The van der Waals surface area contributed by atoms with E-state index in [2.05, 4.69) is 11.9 Å². The molecular weight excluding hydrogens is 322 g/mol. The predicted molar refractivity (Wildman–Crippen MR) is 95.5 cm³/mol. The molecule has 0 aromatic carbocycles. The summed E-state index contributed by atoms with van der Waals surface area (Å²) in [5, 5.41) is 0.761. The van der Waals surface area contributed by atoms with Gasteiger partial charge in [0.2, 0.25) is 5.91 Å². The van der Waals surface area contributed by atoms with Gasteiger partial charge in [0.05, 0.1) is 11.7 Å². The van der Waals surface area contributed by atoms with E-state index in [4.69, 9.17) is 0 Å². The van der Waals surface area contributed by atoms with Gasteiger partial charge in [-0.05, 0) is 57.4 Å². The van der Waals surface area contributed by atoms with E-state index in [1.54, 1.807) is 17.7 Å². The molecule has 0 spiro atoms. The zero-order valence-electron chi connectivity index (χ0n) is 14.1. The van der Waals surface area contributed by atoms with Crippen LogP contribution in [0.3, 0.4) is 0 Å². The number of thiophene rings is 1. The molecule has 1 fully saturated rings. The summed E-state index contributed by atoms with van der Waals surface area (Å²) in [6.07, 6.45) is 9.19. The molecule has 2 aromatic rings. The number of hydrogen-bond donors (Lipinski definition) is 0. The van der Waals surface area contributed by atoms with Crippen molar-refractivity contribution in [2.45, 2.75) is 64.5 Å². The van der Waals surface area contributed by atoms with Crippen molar-refractivity contribution in [2.75, 3.05) is 6.54 Å². The molecule has 4 rings (SSSR count). The number of likely N-dealkylation sites (tertiary alicyclic amines) is 1. The molecule has 0 unspecified atom stereocenters. The van der Waals surface area contributed by atoms with Gasteiger partial charge in [0.1, 0.15) is 11.4 Å². The number of amides is 1. The largest absolute Gasteiger partial charge is 0.338 e. The molecule has 0 radical (unpaired) electrons. The molecule has 1 saturated heterocycles. The Morgan fingerprint density at radius 2 is 2.12 bits per heavy atom. The first-order valence-corrected chi connectivity index (χ1v) is 9.76. The normalized spacial score (nSPS) is 21.0. The molecule has 3 heterocycles. The molecule has 1 atom stereocenters. The minimum atomic E-state index is -0.0441. The minimum absolute atomic E-state index is 0.0366. The Labute approximate surface area is 145 Å². The van der Waals surface area contributed by atoms with Crippen LogP contribution in [0.2, 0.25) is 0 Å². The van der Waals surface area contributed by atoms with Crippen LogP contribution in [-0.4, -0.2) is 32.9 Å². The van der Waals surface area contributed by atoms with E-state index in [0.29, 0.717) is 0 Å². The third-order valence-corrected chi connectivity index (χ3v) is 6.57. The van der Waals surface area contributed by atoms with Crippen molar-refractivity contribution in [2.24, 2.45) is 0 Å². The minimum Gasteiger partial charge on any atom is -0.338 e. The fraction of sp³-hybridized carbons (Fsp3) is 0.611. The summed E-state index contributed by atoms with van der Waals surface area (Å²) in [6.45, 7) is 3.01. The van der Waals surface area contributed by atoms with Gasteiger partial charge in [-0.3, -0.25) is 14.2 Å². The first-order chi connectivity index (χ1) is 11.6. The highest BCUT2D eigenvalue weighted by Gasteiger charge is 2.25. The molecule has 24 heavy (non-hydrogen) atoms. The topological polar surface area (TPSA) is 55.2 Å². The summed E-state index contributed by atoms with van der Waals surface area (Å²) < 4.78 is 1.51. The molecule has 2 aliphatic rings. The quantitative estimate of drug-likeness (QED) is 0.841. The zero-order valence-corrected chi connectivity index (χ0v) is 14.9. The molecule has 2 aromatic heterocycles. The van der Waals surface area contributed by atoms with Crippen LogP contribution in [0.5, 0.6) is 0 Å². The lowest BCUT2D eigenvalue weighted by Gasteiger charge is -2.33. The number of hydrogen-bond acceptors (Lipinski definition) is 4. The van der Waals surface area contributed by atoms with Crippen LogP contribution < -0.4 is 5.56 Å². The average molecular weight is 345 g/mol. The molecule has 1 amide bonds. The standard InChI is InChI=1S/C18H23N3O2S/c1-12-6-4-5-9-21(12)15(22)10-20-11-19-17-16(18(20)23)13-7-2-3-8-14(13)24-17/h11-12H,2-10H2,1H3/t12-/m0/s1. The average Bonchev–Trinajstić information content (AvgIpc) is 2.97. The first-order valence-electron chi connectivity index (χ1n) is 8.94. The van der Waals surface area contributed by atoms with E-state index < -0.39 is 0 Å². The number of rotatable bonds is 2. The molecule has 5 nitrogen and oxygen atoms in total. The van der Waals surface area contributed by atoms with Gasteiger partial charge in [-0.25, -0.2) is 4.98 Å². The van der Waals surface area contributed by atoms with Crippen LogP contribution in [0.1, 0.15) is 49.5 Å². The van der Waals surface area contributed by atoms with Gasteiger partial charge in [0.15, 0.2) is 0 Å². The van der Waals surface area contributed by atoms with Gasteiger partial charge in [0.25, 0.3) is 5.56 Å². The van der Waals surface area contributed by atoms with E-state index >= 15 is 0 Å². The lowest BCUT2D eigenvalue weighted by Crippen LogP contribution is -2.44. The molecule has 1 aliphatic heterocycles. The van der Waals surface area contributed by atoms with Crippen LogP contribution in [0, 0.1) is 0 Å². The highest BCUT2D eigenvalue weighted by molar-refractivity contribution is 7.18. The van der Waals surface area contributed by atoms with E-state index in [1.165, 1.54) is 27.8 Å².